The molecule has 0 spiro atoms. The zero-order valence-corrected chi connectivity index (χ0v) is 28.1. The Morgan fingerprint density at radius 1 is 1.06 bits per heavy atom. The van der Waals surface area contributed by atoms with Crippen LogP contribution in [0.25, 0.3) is 11.0 Å². The van der Waals surface area contributed by atoms with Crippen molar-refractivity contribution in [3.63, 3.8) is 0 Å². The summed E-state index contributed by atoms with van der Waals surface area (Å²) in [5.74, 6) is -0.379. The SMILES string of the molecule is CC[C@@H]1CN(Cc2cc(C(CC(=O)Nc3ccc(C)nc3)c3ccc4c(nnn4CC)c3C)ccc2C)S(=O)(=O)c2cccnc2O1. The van der Waals surface area contributed by atoms with Gasteiger partial charge < -0.3 is 10.1 Å². The van der Waals surface area contributed by atoms with E-state index in [2.05, 4.69) is 25.6 Å². The highest BCUT2D eigenvalue weighted by Crippen LogP contribution is 2.36. The molecular weight excluding hydrogens is 614 g/mol. The number of nitrogens with one attached hydrogen (secondary N) is 1. The van der Waals surface area contributed by atoms with E-state index in [1.807, 2.05) is 81.8 Å². The van der Waals surface area contributed by atoms with Crippen LogP contribution in [0.2, 0.25) is 0 Å². The summed E-state index contributed by atoms with van der Waals surface area (Å²) in [6, 6.07) is 16.9. The van der Waals surface area contributed by atoms with Crippen molar-refractivity contribution in [1.82, 2.24) is 29.3 Å². The van der Waals surface area contributed by atoms with Gasteiger partial charge in [-0.15, -0.1) is 5.10 Å². The number of fused-ring (bicyclic) bond motifs is 2. The molecule has 1 unspecified atom stereocenters. The first-order valence-corrected chi connectivity index (χ1v) is 17.3. The van der Waals surface area contributed by atoms with Crippen LogP contribution in [0.1, 0.15) is 66.1 Å². The van der Waals surface area contributed by atoms with Gasteiger partial charge >= 0.3 is 0 Å². The molecular formula is C35H39N7O4S. The number of anilines is 1. The van der Waals surface area contributed by atoms with Crippen LogP contribution in [0.5, 0.6) is 5.88 Å². The van der Waals surface area contributed by atoms with Gasteiger partial charge in [0.15, 0.2) is 0 Å². The van der Waals surface area contributed by atoms with Crippen LogP contribution in [0, 0.1) is 20.8 Å². The van der Waals surface area contributed by atoms with E-state index >= 15 is 0 Å². The van der Waals surface area contributed by atoms with Crippen LogP contribution in [0.15, 0.2) is 71.9 Å². The van der Waals surface area contributed by atoms with E-state index < -0.39 is 10.0 Å². The largest absolute Gasteiger partial charge is 0.472 e. The van der Waals surface area contributed by atoms with Gasteiger partial charge in [0.2, 0.25) is 21.8 Å². The van der Waals surface area contributed by atoms with Gasteiger partial charge in [-0.2, -0.15) is 4.31 Å². The van der Waals surface area contributed by atoms with E-state index in [4.69, 9.17) is 4.74 Å². The summed E-state index contributed by atoms with van der Waals surface area (Å²) in [7, 11) is -3.89. The second-order valence-electron chi connectivity index (χ2n) is 12.0. The number of ether oxygens (including phenoxy) is 1. The number of hydrogen-bond donors (Lipinski definition) is 1. The Balaban J connectivity index is 1.39. The summed E-state index contributed by atoms with van der Waals surface area (Å²) in [5, 5.41) is 11.8. The van der Waals surface area contributed by atoms with E-state index in [0.717, 1.165) is 44.5 Å². The third kappa shape index (κ3) is 6.48. The summed E-state index contributed by atoms with van der Waals surface area (Å²) in [6.45, 7) is 10.9. The molecule has 0 fully saturated rings. The first kappa shape index (κ1) is 32.3. The lowest BCUT2D eigenvalue weighted by atomic mass is 9.84. The molecule has 1 aliphatic heterocycles. The number of aromatic nitrogens is 5. The number of carbonyl (C=O) groups is 1. The Morgan fingerprint density at radius 2 is 1.89 bits per heavy atom. The number of amides is 1. The third-order valence-electron chi connectivity index (χ3n) is 8.86. The predicted octanol–water partition coefficient (Wildman–Crippen LogP) is 5.69. The second-order valence-corrected chi connectivity index (χ2v) is 13.9. The molecule has 0 radical (unpaired) electrons. The van der Waals surface area contributed by atoms with Gasteiger partial charge in [0.05, 0.1) is 23.9 Å². The minimum Gasteiger partial charge on any atom is -0.472 e. The number of nitrogens with zero attached hydrogens (tertiary/aromatic N) is 6. The highest BCUT2D eigenvalue weighted by molar-refractivity contribution is 7.89. The first-order valence-electron chi connectivity index (χ1n) is 15.9. The van der Waals surface area contributed by atoms with Crippen LogP contribution in [-0.4, -0.2) is 56.2 Å². The molecule has 0 bridgehead atoms. The minimum absolute atomic E-state index is 0.0638. The van der Waals surface area contributed by atoms with Crippen molar-refractivity contribution in [1.29, 1.82) is 0 Å². The molecule has 0 aliphatic carbocycles. The van der Waals surface area contributed by atoms with Crippen LogP contribution >= 0.6 is 0 Å². The van der Waals surface area contributed by atoms with E-state index in [9.17, 15) is 13.2 Å². The number of sulfonamides is 1. The van der Waals surface area contributed by atoms with Crippen molar-refractivity contribution in [3.8, 4) is 5.88 Å². The summed E-state index contributed by atoms with van der Waals surface area (Å²) in [5.41, 5.74) is 7.79. The lowest BCUT2D eigenvalue weighted by Crippen LogP contribution is -2.36. The van der Waals surface area contributed by atoms with Gasteiger partial charge in [0.25, 0.3) is 0 Å². The van der Waals surface area contributed by atoms with Crippen LogP contribution in [0.3, 0.4) is 0 Å². The van der Waals surface area contributed by atoms with E-state index in [1.54, 1.807) is 12.3 Å². The molecule has 1 N–H and O–H groups in total. The van der Waals surface area contributed by atoms with Gasteiger partial charge in [-0.1, -0.05) is 36.4 Å². The normalized spacial score (nSPS) is 16.7. The summed E-state index contributed by atoms with van der Waals surface area (Å²) in [6.07, 6.45) is 3.62. The zero-order valence-electron chi connectivity index (χ0n) is 27.3. The Kier molecular flexibility index (Phi) is 9.07. The predicted molar refractivity (Wildman–Crippen MR) is 180 cm³/mol. The third-order valence-corrected chi connectivity index (χ3v) is 10.7. The lowest BCUT2D eigenvalue weighted by Gasteiger charge is -2.25. The monoisotopic (exact) mass is 653 g/mol. The van der Waals surface area contributed by atoms with Gasteiger partial charge in [-0.25, -0.2) is 18.1 Å². The molecule has 1 amide bonds. The Hall–Kier alpha value is -4.68. The Morgan fingerprint density at radius 3 is 2.64 bits per heavy atom. The van der Waals surface area contributed by atoms with Crippen molar-refractivity contribution < 1.29 is 17.9 Å². The topological polar surface area (TPSA) is 132 Å². The quantitative estimate of drug-likeness (QED) is 0.215. The van der Waals surface area contributed by atoms with E-state index in [-0.39, 0.29) is 48.2 Å². The molecule has 1 aliphatic rings. The minimum atomic E-state index is -3.89. The summed E-state index contributed by atoms with van der Waals surface area (Å²) < 4.78 is 37.2. The Bertz CT molecular complexity index is 2040. The maximum Gasteiger partial charge on any atom is 0.248 e. The first-order chi connectivity index (χ1) is 22.6. The molecule has 12 heteroatoms. The van der Waals surface area contributed by atoms with Crippen molar-refractivity contribution >= 4 is 32.7 Å². The second kappa shape index (κ2) is 13.2. The Labute approximate surface area is 275 Å². The summed E-state index contributed by atoms with van der Waals surface area (Å²) in [4.78, 5) is 22.2. The van der Waals surface area contributed by atoms with Crippen molar-refractivity contribution in [2.24, 2.45) is 0 Å². The number of aryl methyl sites for hydroxylation is 4. The molecule has 244 valence electrons. The molecule has 6 rings (SSSR count). The summed E-state index contributed by atoms with van der Waals surface area (Å²) >= 11 is 0. The van der Waals surface area contributed by atoms with Gasteiger partial charge in [-0.3, -0.25) is 9.78 Å². The van der Waals surface area contributed by atoms with Crippen LogP contribution in [0.4, 0.5) is 5.69 Å². The molecule has 2 aromatic carbocycles. The van der Waals surface area contributed by atoms with E-state index in [0.29, 0.717) is 18.7 Å². The molecule has 47 heavy (non-hydrogen) atoms. The van der Waals surface area contributed by atoms with Crippen molar-refractivity contribution in [3.05, 3.63) is 101 Å². The maximum atomic E-state index is 13.9. The average Bonchev–Trinajstić information content (AvgIpc) is 3.45. The molecule has 0 saturated carbocycles. The van der Waals surface area contributed by atoms with Crippen LogP contribution < -0.4 is 10.1 Å². The highest BCUT2D eigenvalue weighted by atomic mass is 32.2. The van der Waals surface area contributed by atoms with Crippen molar-refractivity contribution in [2.75, 3.05) is 11.9 Å². The fourth-order valence-corrected chi connectivity index (χ4v) is 7.61. The molecule has 4 heterocycles. The van der Waals surface area contributed by atoms with Gasteiger partial charge in [-0.05, 0) is 92.3 Å². The number of pyridine rings is 2. The lowest BCUT2D eigenvalue weighted by molar-refractivity contribution is -0.116. The zero-order chi connectivity index (χ0) is 33.3. The number of rotatable bonds is 9. The fraction of sp³-hybridized carbons (Fsp3) is 0.343. The molecule has 5 aromatic rings. The van der Waals surface area contributed by atoms with Gasteiger partial charge in [0, 0.05) is 37.3 Å². The van der Waals surface area contributed by atoms with Gasteiger partial charge in [0.1, 0.15) is 16.5 Å². The molecule has 2 atom stereocenters. The molecule has 3 aromatic heterocycles. The molecule has 0 saturated heterocycles. The highest BCUT2D eigenvalue weighted by Gasteiger charge is 2.35. The molecule has 11 nitrogen and oxygen atoms in total. The van der Waals surface area contributed by atoms with E-state index in [1.165, 1.54) is 16.6 Å². The standard InChI is InChI=1S/C35H39N7O4S/c1-6-28-21-41(47(44,45)32-9-8-16-36-35(32)46-28)20-26-17-25(12-10-22(26)3)30(18-33(43)38-27-13-11-23(4)37-19-27)29-14-15-31-34(24(29)5)39-40-42(31)7-2/h8-17,19,28,30H,6-7,18,20-21H2,1-5H3,(H,38,43)/t28-,30?/m1/s1. The smallest absolute Gasteiger partial charge is 0.248 e. The average molecular weight is 654 g/mol. The van der Waals surface area contributed by atoms with Crippen LogP contribution in [-0.2, 0) is 27.9 Å². The fourth-order valence-electron chi connectivity index (χ4n) is 6.09. The number of benzene rings is 2. The number of carbonyl (C=O) groups excluding carboxylic acids is 1. The number of hydrogen-bond acceptors (Lipinski definition) is 8. The van der Waals surface area contributed by atoms with Crippen molar-refractivity contribution in [2.45, 2.75) is 77.5 Å². The maximum absolute atomic E-state index is 13.9.